The topological polar surface area (TPSA) is 43.1 Å². The number of ketones is 1. The monoisotopic (exact) mass is 287 g/mol. The van der Waals surface area contributed by atoms with Gasteiger partial charge < -0.3 is 5.73 Å². The van der Waals surface area contributed by atoms with Crippen LogP contribution in [0.3, 0.4) is 0 Å². The SMILES string of the molecule is CCC(C)c1ccc(C(=O)c2cc(N)cc(Cl)c2)cc1. The van der Waals surface area contributed by atoms with Gasteiger partial charge in [0.25, 0.3) is 0 Å². The largest absolute Gasteiger partial charge is 0.399 e. The summed E-state index contributed by atoms with van der Waals surface area (Å²) in [5.41, 5.74) is 8.63. The van der Waals surface area contributed by atoms with Crippen molar-refractivity contribution in [3.63, 3.8) is 0 Å². The first-order valence-corrected chi connectivity index (χ1v) is 7.09. The molecule has 2 N–H and O–H groups in total. The van der Waals surface area contributed by atoms with Gasteiger partial charge in [0.15, 0.2) is 5.78 Å². The quantitative estimate of drug-likeness (QED) is 0.656. The lowest BCUT2D eigenvalue weighted by Gasteiger charge is -2.09. The molecule has 0 spiro atoms. The number of hydrogen-bond acceptors (Lipinski definition) is 2. The van der Waals surface area contributed by atoms with E-state index in [0.29, 0.717) is 27.8 Å². The smallest absolute Gasteiger partial charge is 0.193 e. The average Bonchev–Trinajstić information content (AvgIpc) is 2.45. The molecule has 0 bridgehead atoms. The van der Waals surface area contributed by atoms with E-state index >= 15 is 0 Å². The number of carbonyl (C=O) groups excluding carboxylic acids is 1. The molecule has 3 heteroatoms. The van der Waals surface area contributed by atoms with Crippen LogP contribution in [-0.2, 0) is 0 Å². The number of anilines is 1. The minimum Gasteiger partial charge on any atom is -0.399 e. The van der Waals surface area contributed by atoms with Gasteiger partial charge in [-0.3, -0.25) is 4.79 Å². The Balaban J connectivity index is 2.29. The summed E-state index contributed by atoms with van der Waals surface area (Å²) < 4.78 is 0. The molecule has 0 fully saturated rings. The molecule has 2 nitrogen and oxygen atoms in total. The van der Waals surface area contributed by atoms with Crippen LogP contribution in [0.4, 0.5) is 5.69 Å². The fourth-order valence-corrected chi connectivity index (χ4v) is 2.35. The fraction of sp³-hybridized carbons (Fsp3) is 0.235. The van der Waals surface area contributed by atoms with Crippen LogP contribution in [0.5, 0.6) is 0 Å². The molecule has 0 saturated carbocycles. The highest BCUT2D eigenvalue weighted by Gasteiger charge is 2.11. The van der Waals surface area contributed by atoms with Crippen molar-refractivity contribution in [2.45, 2.75) is 26.2 Å². The summed E-state index contributed by atoms with van der Waals surface area (Å²) >= 11 is 5.94. The summed E-state index contributed by atoms with van der Waals surface area (Å²) in [5.74, 6) is 0.441. The van der Waals surface area contributed by atoms with Gasteiger partial charge in [0, 0.05) is 21.8 Å². The van der Waals surface area contributed by atoms with E-state index in [2.05, 4.69) is 13.8 Å². The summed E-state index contributed by atoms with van der Waals surface area (Å²) in [4.78, 5) is 12.4. The van der Waals surface area contributed by atoms with Gasteiger partial charge in [-0.15, -0.1) is 0 Å². The number of rotatable bonds is 4. The van der Waals surface area contributed by atoms with Crippen LogP contribution >= 0.6 is 11.6 Å². The van der Waals surface area contributed by atoms with Crippen LogP contribution in [-0.4, -0.2) is 5.78 Å². The Labute approximate surface area is 124 Å². The molecule has 0 radical (unpaired) electrons. The molecule has 0 aromatic heterocycles. The summed E-state index contributed by atoms with van der Waals surface area (Å²) in [6.45, 7) is 4.33. The van der Waals surface area contributed by atoms with Gasteiger partial charge in [-0.1, -0.05) is 49.7 Å². The number of halogens is 1. The third-order valence-electron chi connectivity index (χ3n) is 3.54. The van der Waals surface area contributed by atoms with Crippen molar-refractivity contribution < 1.29 is 4.79 Å². The maximum Gasteiger partial charge on any atom is 0.193 e. The highest BCUT2D eigenvalue weighted by Crippen LogP contribution is 2.22. The lowest BCUT2D eigenvalue weighted by atomic mass is 9.95. The second kappa shape index (κ2) is 6.10. The molecule has 2 aromatic carbocycles. The van der Waals surface area contributed by atoms with Gasteiger partial charge in [-0.05, 0) is 36.1 Å². The molecule has 2 aromatic rings. The van der Waals surface area contributed by atoms with Gasteiger partial charge in [0.2, 0.25) is 0 Å². The van der Waals surface area contributed by atoms with Crippen LogP contribution in [0.2, 0.25) is 5.02 Å². The predicted octanol–water partition coefficient (Wildman–Crippen LogP) is 4.67. The molecule has 0 saturated heterocycles. The maximum atomic E-state index is 12.4. The van der Waals surface area contributed by atoms with Crippen molar-refractivity contribution in [3.05, 3.63) is 64.2 Å². The van der Waals surface area contributed by atoms with E-state index in [1.54, 1.807) is 18.2 Å². The number of carbonyl (C=O) groups is 1. The molecule has 0 aliphatic carbocycles. The number of nitrogen functional groups attached to an aromatic ring is 1. The average molecular weight is 288 g/mol. The minimum absolute atomic E-state index is 0.0603. The van der Waals surface area contributed by atoms with Gasteiger partial charge in [-0.25, -0.2) is 0 Å². The zero-order valence-electron chi connectivity index (χ0n) is 11.7. The van der Waals surface area contributed by atoms with Crippen molar-refractivity contribution in [3.8, 4) is 0 Å². The first-order chi connectivity index (χ1) is 9.51. The Hall–Kier alpha value is -1.80. The zero-order valence-corrected chi connectivity index (χ0v) is 12.4. The fourth-order valence-electron chi connectivity index (χ4n) is 2.11. The van der Waals surface area contributed by atoms with Crippen molar-refractivity contribution in [1.29, 1.82) is 0 Å². The summed E-state index contributed by atoms with van der Waals surface area (Å²) in [7, 11) is 0. The van der Waals surface area contributed by atoms with E-state index in [1.165, 1.54) is 5.56 Å². The highest BCUT2D eigenvalue weighted by atomic mass is 35.5. The molecule has 0 amide bonds. The van der Waals surface area contributed by atoms with E-state index in [-0.39, 0.29) is 5.78 Å². The predicted molar refractivity (Wildman–Crippen MR) is 84.4 cm³/mol. The Morgan fingerprint density at radius 1 is 1.15 bits per heavy atom. The first kappa shape index (κ1) is 14.6. The number of nitrogens with two attached hydrogens (primary N) is 1. The minimum atomic E-state index is -0.0603. The summed E-state index contributed by atoms with van der Waals surface area (Å²) in [5, 5.41) is 0.476. The Morgan fingerprint density at radius 3 is 2.35 bits per heavy atom. The molecular weight excluding hydrogens is 270 g/mol. The van der Waals surface area contributed by atoms with Crippen LogP contribution in [0, 0.1) is 0 Å². The molecule has 2 rings (SSSR count). The molecule has 0 aliphatic rings. The van der Waals surface area contributed by atoms with E-state index in [0.717, 1.165) is 6.42 Å². The van der Waals surface area contributed by atoms with Gasteiger partial charge in [0.05, 0.1) is 0 Å². The lowest BCUT2D eigenvalue weighted by molar-refractivity contribution is 0.103. The van der Waals surface area contributed by atoms with Crippen LogP contribution in [0.1, 0.15) is 47.7 Å². The van der Waals surface area contributed by atoms with Crippen molar-refractivity contribution in [2.75, 3.05) is 5.73 Å². The van der Waals surface area contributed by atoms with Gasteiger partial charge in [-0.2, -0.15) is 0 Å². The zero-order chi connectivity index (χ0) is 14.7. The Bertz CT molecular complexity index is 599. The molecule has 0 aliphatic heterocycles. The van der Waals surface area contributed by atoms with Crippen LogP contribution in [0.15, 0.2) is 42.5 Å². The van der Waals surface area contributed by atoms with Crippen LogP contribution < -0.4 is 5.73 Å². The first-order valence-electron chi connectivity index (χ1n) is 6.72. The van der Waals surface area contributed by atoms with Crippen LogP contribution in [0.25, 0.3) is 0 Å². The van der Waals surface area contributed by atoms with Crippen molar-refractivity contribution in [1.82, 2.24) is 0 Å². The standard InChI is InChI=1S/C17H18ClNO/c1-3-11(2)12-4-6-13(7-5-12)17(20)14-8-15(18)10-16(19)9-14/h4-11H,3,19H2,1-2H3. The van der Waals surface area contributed by atoms with Crippen molar-refractivity contribution >= 4 is 23.1 Å². The summed E-state index contributed by atoms with van der Waals surface area (Å²) in [6.07, 6.45) is 1.08. The van der Waals surface area contributed by atoms with E-state index in [4.69, 9.17) is 17.3 Å². The van der Waals surface area contributed by atoms with E-state index in [9.17, 15) is 4.79 Å². The Kier molecular flexibility index (Phi) is 4.46. The second-order valence-electron chi connectivity index (χ2n) is 5.03. The van der Waals surface area contributed by atoms with E-state index < -0.39 is 0 Å². The third kappa shape index (κ3) is 3.20. The number of hydrogen-bond donors (Lipinski definition) is 1. The molecule has 0 heterocycles. The van der Waals surface area contributed by atoms with Gasteiger partial charge >= 0.3 is 0 Å². The molecule has 1 atom stereocenters. The normalized spacial score (nSPS) is 12.2. The van der Waals surface area contributed by atoms with Crippen molar-refractivity contribution in [2.24, 2.45) is 0 Å². The van der Waals surface area contributed by atoms with E-state index in [1.807, 2.05) is 24.3 Å². The highest BCUT2D eigenvalue weighted by molar-refractivity contribution is 6.31. The Morgan fingerprint density at radius 2 is 1.80 bits per heavy atom. The molecule has 104 valence electrons. The summed E-state index contributed by atoms with van der Waals surface area (Å²) in [6, 6.07) is 12.7. The molecule has 20 heavy (non-hydrogen) atoms. The second-order valence-corrected chi connectivity index (χ2v) is 5.47. The molecular formula is C17H18ClNO. The van der Waals surface area contributed by atoms with Gasteiger partial charge in [0.1, 0.15) is 0 Å². The lowest BCUT2D eigenvalue weighted by Crippen LogP contribution is -2.03. The maximum absolute atomic E-state index is 12.4. The third-order valence-corrected chi connectivity index (χ3v) is 3.75. The molecule has 1 unspecified atom stereocenters. The number of benzene rings is 2.